The molecule has 2 rings (SSSR count). The Morgan fingerprint density at radius 2 is 2.20 bits per heavy atom. The van der Waals surface area contributed by atoms with Gasteiger partial charge < -0.3 is 15.4 Å². The SMILES string of the molecule is CCCOc1ccc(CN=C(NCC)NC2CCS(=O)(=O)C2)cn1.I. The highest BCUT2D eigenvalue weighted by Gasteiger charge is 2.28. The fourth-order valence-electron chi connectivity index (χ4n) is 2.39. The van der Waals surface area contributed by atoms with E-state index in [1.165, 1.54) is 0 Å². The quantitative estimate of drug-likeness (QED) is 0.350. The van der Waals surface area contributed by atoms with Crippen molar-refractivity contribution in [3.05, 3.63) is 23.9 Å². The van der Waals surface area contributed by atoms with E-state index in [0.717, 1.165) is 12.0 Å². The van der Waals surface area contributed by atoms with Crippen LogP contribution in [-0.4, -0.2) is 50.1 Å². The van der Waals surface area contributed by atoms with Crippen LogP contribution in [0.3, 0.4) is 0 Å². The largest absolute Gasteiger partial charge is 0.478 e. The molecule has 1 aromatic heterocycles. The summed E-state index contributed by atoms with van der Waals surface area (Å²) in [5.74, 6) is 1.66. The second-order valence-corrected chi connectivity index (χ2v) is 8.02. The third-order valence-corrected chi connectivity index (χ3v) is 5.36. The summed E-state index contributed by atoms with van der Waals surface area (Å²) in [6.07, 6.45) is 3.32. The van der Waals surface area contributed by atoms with Gasteiger partial charge in [0.25, 0.3) is 0 Å². The van der Waals surface area contributed by atoms with Crippen molar-refractivity contribution in [1.29, 1.82) is 0 Å². The van der Waals surface area contributed by atoms with Crippen LogP contribution in [-0.2, 0) is 16.4 Å². The van der Waals surface area contributed by atoms with Crippen LogP contribution in [0.15, 0.2) is 23.3 Å². The maximum atomic E-state index is 11.5. The van der Waals surface area contributed by atoms with Crippen LogP contribution in [0.4, 0.5) is 0 Å². The van der Waals surface area contributed by atoms with Crippen LogP contribution in [0.1, 0.15) is 32.3 Å². The molecule has 0 aliphatic carbocycles. The number of guanidine groups is 1. The number of hydrogen-bond donors (Lipinski definition) is 2. The molecule has 2 N–H and O–H groups in total. The second kappa shape index (κ2) is 10.8. The van der Waals surface area contributed by atoms with E-state index in [9.17, 15) is 8.42 Å². The van der Waals surface area contributed by atoms with Gasteiger partial charge in [-0.25, -0.2) is 18.4 Å². The normalized spacial score (nSPS) is 19.1. The first-order chi connectivity index (χ1) is 11.5. The Hall–Kier alpha value is -1.10. The minimum absolute atomic E-state index is 0. The fraction of sp³-hybridized carbons (Fsp3) is 0.625. The number of rotatable bonds is 7. The monoisotopic (exact) mass is 482 g/mol. The molecule has 1 atom stereocenters. The smallest absolute Gasteiger partial charge is 0.213 e. The highest BCUT2D eigenvalue weighted by Crippen LogP contribution is 2.11. The Kier molecular flexibility index (Phi) is 9.47. The highest BCUT2D eigenvalue weighted by atomic mass is 127. The molecular formula is C16H27IN4O3S. The molecule has 1 fully saturated rings. The van der Waals surface area contributed by atoms with Crippen LogP contribution in [0.25, 0.3) is 0 Å². The number of halogens is 1. The number of hydrogen-bond acceptors (Lipinski definition) is 5. The van der Waals surface area contributed by atoms with Crippen molar-refractivity contribution in [1.82, 2.24) is 15.6 Å². The third-order valence-electron chi connectivity index (χ3n) is 3.59. The van der Waals surface area contributed by atoms with E-state index in [-0.39, 0.29) is 41.5 Å². The molecular weight excluding hydrogens is 455 g/mol. The third kappa shape index (κ3) is 7.76. The van der Waals surface area contributed by atoms with Crippen molar-refractivity contribution in [3.63, 3.8) is 0 Å². The lowest BCUT2D eigenvalue weighted by Gasteiger charge is -2.15. The Bertz CT molecular complexity index is 650. The van der Waals surface area contributed by atoms with E-state index in [2.05, 4.69) is 20.6 Å². The molecule has 142 valence electrons. The molecule has 1 aliphatic rings. The molecule has 7 nitrogen and oxygen atoms in total. The van der Waals surface area contributed by atoms with E-state index in [1.807, 2.05) is 26.0 Å². The first-order valence-electron chi connectivity index (χ1n) is 8.35. The summed E-state index contributed by atoms with van der Waals surface area (Å²) >= 11 is 0. The molecule has 0 aromatic carbocycles. The molecule has 1 unspecified atom stereocenters. The van der Waals surface area contributed by atoms with Crippen molar-refractivity contribution >= 4 is 39.8 Å². The topological polar surface area (TPSA) is 92.7 Å². The zero-order valence-corrected chi connectivity index (χ0v) is 17.8. The summed E-state index contributed by atoms with van der Waals surface area (Å²) < 4.78 is 28.5. The van der Waals surface area contributed by atoms with Crippen LogP contribution in [0.5, 0.6) is 5.88 Å². The molecule has 1 aliphatic heterocycles. The number of aromatic nitrogens is 1. The number of aliphatic imine (C=N–C) groups is 1. The van der Waals surface area contributed by atoms with Gasteiger partial charge in [0, 0.05) is 24.8 Å². The summed E-state index contributed by atoms with van der Waals surface area (Å²) in [4.78, 5) is 8.76. The maximum absolute atomic E-state index is 11.5. The summed E-state index contributed by atoms with van der Waals surface area (Å²) in [6, 6.07) is 3.70. The standard InChI is InChI=1S/C16H26N4O3S.HI/c1-3-8-23-15-6-5-13(10-18-15)11-19-16(17-4-2)20-14-7-9-24(21,22)12-14;/h5-6,10,14H,3-4,7-9,11-12H2,1-2H3,(H2,17,19,20);1H. The fourth-order valence-corrected chi connectivity index (χ4v) is 4.06. The predicted octanol–water partition coefficient (Wildman–Crippen LogP) is 1.73. The van der Waals surface area contributed by atoms with Gasteiger partial charge >= 0.3 is 0 Å². The first-order valence-corrected chi connectivity index (χ1v) is 10.2. The number of nitrogens with one attached hydrogen (secondary N) is 2. The van der Waals surface area contributed by atoms with E-state index in [0.29, 0.717) is 38.0 Å². The lowest BCUT2D eigenvalue weighted by atomic mass is 10.3. The molecule has 2 heterocycles. The summed E-state index contributed by atoms with van der Waals surface area (Å²) in [7, 11) is -2.90. The summed E-state index contributed by atoms with van der Waals surface area (Å²) in [6.45, 7) is 5.87. The van der Waals surface area contributed by atoms with E-state index >= 15 is 0 Å². The Balaban J connectivity index is 0.00000312. The van der Waals surface area contributed by atoms with Crippen molar-refractivity contribution in [2.75, 3.05) is 24.7 Å². The minimum atomic E-state index is -2.90. The highest BCUT2D eigenvalue weighted by molar-refractivity contribution is 14.0. The van der Waals surface area contributed by atoms with Gasteiger partial charge in [0.1, 0.15) is 0 Å². The lowest BCUT2D eigenvalue weighted by Crippen LogP contribution is -2.44. The summed E-state index contributed by atoms with van der Waals surface area (Å²) in [5, 5.41) is 6.34. The van der Waals surface area contributed by atoms with Crippen molar-refractivity contribution in [2.45, 2.75) is 39.3 Å². The van der Waals surface area contributed by atoms with Crippen molar-refractivity contribution < 1.29 is 13.2 Å². The van der Waals surface area contributed by atoms with Gasteiger partial charge in [-0.15, -0.1) is 24.0 Å². The average molecular weight is 482 g/mol. The van der Waals surface area contributed by atoms with Gasteiger partial charge in [0.05, 0.1) is 24.7 Å². The lowest BCUT2D eigenvalue weighted by molar-refractivity contribution is 0.305. The second-order valence-electron chi connectivity index (χ2n) is 5.79. The number of sulfone groups is 1. The van der Waals surface area contributed by atoms with E-state index in [4.69, 9.17) is 4.74 Å². The molecule has 25 heavy (non-hydrogen) atoms. The van der Waals surface area contributed by atoms with Crippen LogP contribution < -0.4 is 15.4 Å². The molecule has 0 bridgehead atoms. The van der Waals surface area contributed by atoms with Gasteiger partial charge in [-0.05, 0) is 25.3 Å². The van der Waals surface area contributed by atoms with Crippen LogP contribution >= 0.6 is 24.0 Å². The molecule has 0 amide bonds. The molecule has 0 radical (unpaired) electrons. The van der Waals surface area contributed by atoms with Gasteiger partial charge in [-0.3, -0.25) is 0 Å². The number of ether oxygens (including phenoxy) is 1. The predicted molar refractivity (Wildman–Crippen MR) is 110 cm³/mol. The number of nitrogens with zero attached hydrogens (tertiary/aromatic N) is 2. The van der Waals surface area contributed by atoms with Crippen LogP contribution in [0, 0.1) is 0 Å². The van der Waals surface area contributed by atoms with Gasteiger partial charge in [-0.2, -0.15) is 0 Å². The van der Waals surface area contributed by atoms with E-state index in [1.54, 1.807) is 6.20 Å². The molecule has 1 aromatic rings. The Morgan fingerprint density at radius 3 is 2.76 bits per heavy atom. The zero-order chi connectivity index (χ0) is 17.4. The Labute approximate surface area is 167 Å². The minimum Gasteiger partial charge on any atom is -0.478 e. The van der Waals surface area contributed by atoms with Gasteiger partial charge in [-0.1, -0.05) is 13.0 Å². The Morgan fingerprint density at radius 1 is 1.40 bits per heavy atom. The van der Waals surface area contributed by atoms with Crippen molar-refractivity contribution in [3.8, 4) is 5.88 Å². The van der Waals surface area contributed by atoms with Gasteiger partial charge in [0.2, 0.25) is 5.88 Å². The first kappa shape index (κ1) is 21.9. The van der Waals surface area contributed by atoms with E-state index < -0.39 is 9.84 Å². The maximum Gasteiger partial charge on any atom is 0.213 e. The van der Waals surface area contributed by atoms with Crippen molar-refractivity contribution in [2.24, 2.45) is 4.99 Å². The molecule has 9 heteroatoms. The van der Waals surface area contributed by atoms with Crippen LogP contribution in [0.2, 0.25) is 0 Å². The number of pyridine rings is 1. The summed E-state index contributed by atoms with van der Waals surface area (Å²) in [5.41, 5.74) is 0.968. The molecule has 1 saturated heterocycles. The van der Waals surface area contributed by atoms with Gasteiger partial charge in [0.15, 0.2) is 15.8 Å². The zero-order valence-electron chi connectivity index (χ0n) is 14.7. The molecule has 0 saturated carbocycles. The molecule has 0 spiro atoms. The average Bonchev–Trinajstić information content (AvgIpc) is 2.90.